The van der Waals surface area contributed by atoms with E-state index in [1.165, 1.54) is 5.39 Å². The Morgan fingerprint density at radius 2 is 1.71 bits per heavy atom. The number of anilines is 1. The van der Waals surface area contributed by atoms with Crippen molar-refractivity contribution in [2.24, 2.45) is 0 Å². The van der Waals surface area contributed by atoms with Crippen LogP contribution in [-0.4, -0.2) is 4.98 Å². The first-order chi connectivity index (χ1) is 10.2. The summed E-state index contributed by atoms with van der Waals surface area (Å²) >= 11 is 7.65. The molecule has 3 aromatic carbocycles. The fraction of sp³-hybridized carbons (Fsp3) is 0. The number of rotatable bonds is 1. The number of aromatic nitrogens is 1. The van der Waals surface area contributed by atoms with E-state index in [-0.39, 0.29) is 0 Å². The average Bonchev–Trinajstić information content (AvgIpc) is 2.89. The lowest BCUT2D eigenvalue weighted by Crippen LogP contribution is -1.90. The molecule has 0 saturated heterocycles. The molecule has 0 spiro atoms. The van der Waals surface area contributed by atoms with Crippen LogP contribution < -0.4 is 5.73 Å². The largest absolute Gasteiger partial charge is 0.398 e. The number of nitrogens with two attached hydrogens (primary N) is 1. The molecule has 1 aromatic heterocycles. The molecule has 4 heteroatoms. The molecule has 0 bridgehead atoms. The van der Waals surface area contributed by atoms with Crippen molar-refractivity contribution in [2.75, 3.05) is 5.73 Å². The van der Waals surface area contributed by atoms with Gasteiger partial charge in [0.05, 0.1) is 10.2 Å². The maximum Gasteiger partial charge on any atom is 0.126 e. The van der Waals surface area contributed by atoms with Crippen molar-refractivity contribution in [1.29, 1.82) is 0 Å². The molecule has 4 aromatic rings. The molecule has 2 N–H and O–H groups in total. The van der Waals surface area contributed by atoms with Gasteiger partial charge in [-0.1, -0.05) is 35.9 Å². The molecule has 21 heavy (non-hydrogen) atoms. The van der Waals surface area contributed by atoms with E-state index < -0.39 is 0 Å². The third kappa shape index (κ3) is 2.15. The second-order valence-electron chi connectivity index (χ2n) is 4.92. The molecule has 0 unspecified atom stereocenters. The first-order valence-electron chi connectivity index (χ1n) is 6.55. The summed E-state index contributed by atoms with van der Waals surface area (Å²) in [6.07, 6.45) is 0. The van der Waals surface area contributed by atoms with Crippen LogP contribution in [0.1, 0.15) is 0 Å². The molecule has 0 amide bonds. The van der Waals surface area contributed by atoms with Crippen LogP contribution in [0.3, 0.4) is 0 Å². The summed E-state index contributed by atoms with van der Waals surface area (Å²) in [5.74, 6) is 0. The van der Waals surface area contributed by atoms with Gasteiger partial charge in [0.2, 0.25) is 0 Å². The Bertz CT molecular complexity index is 975. The Balaban J connectivity index is 1.96. The predicted molar refractivity (Wildman–Crippen MR) is 92.0 cm³/mol. The van der Waals surface area contributed by atoms with Gasteiger partial charge in [0, 0.05) is 16.3 Å². The molecule has 0 radical (unpaired) electrons. The van der Waals surface area contributed by atoms with Crippen LogP contribution in [0.2, 0.25) is 5.02 Å². The van der Waals surface area contributed by atoms with Crippen molar-refractivity contribution in [3.8, 4) is 10.6 Å². The molecule has 102 valence electrons. The molecule has 0 saturated carbocycles. The van der Waals surface area contributed by atoms with E-state index in [2.05, 4.69) is 23.2 Å². The number of hydrogen-bond acceptors (Lipinski definition) is 3. The summed E-state index contributed by atoms with van der Waals surface area (Å²) in [7, 11) is 0. The van der Waals surface area contributed by atoms with Crippen LogP contribution in [0.25, 0.3) is 31.6 Å². The van der Waals surface area contributed by atoms with Crippen molar-refractivity contribution in [3.05, 3.63) is 59.6 Å². The zero-order chi connectivity index (χ0) is 14.4. The van der Waals surface area contributed by atoms with E-state index in [9.17, 15) is 0 Å². The van der Waals surface area contributed by atoms with Crippen LogP contribution in [0, 0.1) is 0 Å². The van der Waals surface area contributed by atoms with Gasteiger partial charge in [-0.25, -0.2) is 4.98 Å². The highest BCUT2D eigenvalue weighted by atomic mass is 35.5. The van der Waals surface area contributed by atoms with Gasteiger partial charge in [-0.3, -0.25) is 0 Å². The minimum atomic E-state index is 0.726. The zero-order valence-electron chi connectivity index (χ0n) is 11.0. The Labute approximate surface area is 130 Å². The molecule has 0 aliphatic rings. The summed E-state index contributed by atoms with van der Waals surface area (Å²) in [6, 6.07) is 18.0. The van der Waals surface area contributed by atoms with Gasteiger partial charge >= 0.3 is 0 Å². The topological polar surface area (TPSA) is 38.9 Å². The number of thiazole rings is 1. The second-order valence-corrected chi connectivity index (χ2v) is 6.38. The van der Waals surface area contributed by atoms with Crippen LogP contribution in [0.5, 0.6) is 0 Å². The zero-order valence-corrected chi connectivity index (χ0v) is 12.6. The fourth-order valence-electron chi connectivity index (χ4n) is 2.46. The van der Waals surface area contributed by atoms with E-state index in [0.29, 0.717) is 0 Å². The highest BCUT2D eigenvalue weighted by Crippen LogP contribution is 2.36. The highest BCUT2D eigenvalue weighted by molar-refractivity contribution is 7.21. The predicted octanol–water partition coefficient (Wildman–Crippen LogP) is 5.35. The molecular weight excluding hydrogens is 300 g/mol. The van der Waals surface area contributed by atoms with Crippen molar-refractivity contribution in [2.45, 2.75) is 0 Å². The van der Waals surface area contributed by atoms with E-state index in [4.69, 9.17) is 17.3 Å². The summed E-state index contributed by atoms with van der Waals surface area (Å²) < 4.78 is 1.07. The van der Waals surface area contributed by atoms with Gasteiger partial charge in [0.25, 0.3) is 0 Å². The Kier molecular flexibility index (Phi) is 2.84. The van der Waals surface area contributed by atoms with Gasteiger partial charge < -0.3 is 5.73 Å². The summed E-state index contributed by atoms with van der Waals surface area (Å²) in [4.78, 5) is 4.67. The minimum Gasteiger partial charge on any atom is -0.398 e. The molecule has 2 nitrogen and oxygen atoms in total. The van der Waals surface area contributed by atoms with Gasteiger partial charge in [-0.15, -0.1) is 11.3 Å². The van der Waals surface area contributed by atoms with Crippen LogP contribution in [0.15, 0.2) is 54.6 Å². The molecule has 0 atom stereocenters. The first kappa shape index (κ1) is 12.6. The van der Waals surface area contributed by atoms with Crippen molar-refractivity contribution in [1.82, 2.24) is 4.98 Å². The van der Waals surface area contributed by atoms with E-state index in [1.54, 1.807) is 11.3 Å². The lowest BCUT2D eigenvalue weighted by molar-refractivity contribution is 1.48. The Morgan fingerprint density at radius 1 is 0.952 bits per heavy atom. The molecule has 0 aliphatic heterocycles. The van der Waals surface area contributed by atoms with Crippen LogP contribution in [-0.2, 0) is 0 Å². The Hall–Kier alpha value is -2.10. The molecular formula is C17H11ClN2S. The number of fused-ring (bicyclic) bond motifs is 2. The van der Waals surface area contributed by atoms with Gasteiger partial charge in [-0.2, -0.15) is 0 Å². The van der Waals surface area contributed by atoms with Gasteiger partial charge in [-0.05, 0) is 41.1 Å². The highest BCUT2D eigenvalue weighted by Gasteiger charge is 2.10. The summed E-state index contributed by atoms with van der Waals surface area (Å²) in [5, 5.41) is 3.96. The third-order valence-corrected chi connectivity index (χ3v) is 4.79. The second kappa shape index (κ2) is 4.72. The van der Waals surface area contributed by atoms with Crippen molar-refractivity contribution in [3.63, 3.8) is 0 Å². The number of hydrogen-bond donors (Lipinski definition) is 1. The van der Waals surface area contributed by atoms with E-state index in [0.717, 1.165) is 36.9 Å². The standard InChI is InChI=1S/C17H11ClN2S/c18-12-5-6-15-16(9-12)21-17(20-15)13-7-10-3-1-2-4-11(10)8-14(13)19/h1-9H,19H2. The summed E-state index contributed by atoms with van der Waals surface area (Å²) in [6.45, 7) is 0. The monoisotopic (exact) mass is 310 g/mol. The minimum absolute atomic E-state index is 0.726. The van der Waals surface area contributed by atoms with E-state index >= 15 is 0 Å². The summed E-state index contributed by atoms with van der Waals surface area (Å²) in [5.41, 5.74) is 8.89. The van der Waals surface area contributed by atoms with Crippen molar-refractivity contribution >= 4 is 49.6 Å². The fourth-order valence-corrected chi connectivity index (χ4v) is 3.74. The van der Waals surface area contributed by atoms with Gasteiger partial charge in [0.15, 0.2) is 0 Å². The SMILES string of the molecule is Nc1cc2ccccc2cc1-c1nc2ccc(Cl)cc2s1. The first-order valence-corrected chi connectivity index (χ1v) is 7.75. The number of nitrogen functional groups attached to an aromatic ring is 1. The van der Waals surface area contributed by atoms with Crippen LogP contribution >= 0.6 is 22.9 Å². The maximum atomic E-state index is 6.21. The molecule has 0 fully saturated rings. The molecule has 0 aliphatic carbocycles. The van der Waals surface area contributed by atoms with E-state index in [1.807, 2.05) is 36.4 Å². The number of nitrogens with zero attached hydrogens (tertiary/aromatic N) is 1. The maximum absolute atomic E-state index is 6.21. The number of halogens is 1. The third-order valence-electron chi connectivity index (χ3n) is 3.50. The lowest BCUT2D eigenvalue weighted by atomic mass is 10.1. The smallest absolute Gasteiger partial charge is 0.126 e. The average molecular weight is 311 g/mol. The Morgan fingerprint density at radius 3 is 2.52 bits per heavy atom. The molecule has 1 heterocycles. The normalized spacial score (nSPS) is 11.3. The van der Waals surface area contributed by atoms with Crippen molar-refractivity contribution < 1.29 is 0 Å². The molecule has 4 rings (SSSR count). The lowest BCUT2D eigenvalue weighted by Gasteiger charge is -2.05. The number of benzene rings is 3. The van der Waals surface area contributed by atoms with Gasteiger partial charge in [0.1, 0.15) is 5.01 Å². The quantitative estimate of drug-likeness (QED) is 0.481. The van der Waals surface area contributed by atoms with Crippen LogP contribution in [0.4, 0.5) is 5.69 Å².